The maximum atomic E-state index is 11.8. The Bertz CT molecular complexity index is 522. The molecule has 0 spiro atoms. The van der Waals surface area contributed by atoms with Crippen LogP contribution < -0.4 is 5.32 Å². The van der Waals surface area contributed by atoms with Crippen LogP contribution in [0.25, 0.3) is 0 Å². The summed E-state index contributed by atoms with van der Waals surface area (Å²) in [5, 5.41) is 3.47. The second kappa shape index (κ2) is 5.58. The predicted octanol–water partition coefficient (Wildman–Crippen LogP) is 3.62. The van der Waals surface area contributed by atoms with Crippen LogP contribution in [-0.4, -0.2) is 5.91 Å². The first-order chi connectivity index (χ1) is 8.15. The number of nitrogens with one attached hydrogen (secondary N) is 1. The van der Waals surface area contributed by atoms with Gasteiger partial charge in [0.1, 0.15) is 0 Å². The lowest BCUT2D eigenvalue weighted by atomic mass is 10.2. The van der Waals surface area contributed by atoms with Crippen molar-refractivity contribution in [3.8, 4) is 0 Å². The molecule has 1 aromatic heterocycles. The SMILES string of the molecule is O=C(NCc1ccc(S)s1)c1ccc(Cl)cc1. The zero-order valence-corrected chi connectivity index (χ0v) is 11.3. The van der Waals surface area contributed by atoms with Crippen molar-refractivity contribution < 1.29 is 4.79 Å². The molecule has 0 radical (unpaired) electrons. The largest absolute Gasteiger partial charge is 0.347 e. The molecular formula is C12H10ClNOS2. The third-order valence-corrected chi connectivity index (χ3v) is 3.74. The molecule has 0 fully saturated rings. The molecule has 0 aliphatic rings. The van der Waals surface area contributed by atoms with Gasteiger partial charge in [-0.25, -0.2) is 0 Å². The van der Waals surface area contributed by atoms with Crippen molar-refractivity contribution in [2.75, 3.05) is 0 Å². The van der Waals surface area contributed by atoms with Crippen molar-refractivity contribution in [3.63, 3.8) is 0 Å². The van der Waals surface area contributed by atoms with E-state index in [-0.39, 0.29) is 5.91 Å². The van der Waals surface area contributed by atoms with Crippen LogP contribution in [0.3, 0.4) is 0 Å². The summed E-state index contributed by atoms with van der Waals surface area (Å²) in [6, 6.07) is 10.7. The molecule has 0 saturated heterocycles. The van der Waals surface area contributed by atoms with Gasteiger partial charge in [-0.05, 0) is 36.4 Å². The van der Waals surface area contributed by atoms with Crippen LogP contribution in [0.1, 0.15) is 15.2 Å². The summed E-state index contributed by atoms with van der Waals surface area (Å²) in [6.45, 7) is 0.521. The molecule has 1 N–H and O–H groups in total. The number of hydrogen-bond acceptors (Lipinski definition) is 3. The third kappa shape index (κ3) is 3.49. The number of rotatable bonds is 3. The second-order valence-electron chi connectivity index (χ2n) is 3.43. The highest BCUT2D eigenvalue weighted by atomic mass is 35.5. The Labute approximate surface area is 114 Å². The molecule has 0 aliphatic carbocycles. The van der Waals surface area contributed by atoms with Gasteiger partial charge in [0.25, 0.3) is 5.91 Å². The summed E-state index contributed by atoms with van der Waals surface area (Å²) in [6.07, 6.45) is 0. The van der Waals surface area contributed by atoms with Crippen molar-refractivity contribution in [3.05, 3.63) is 51.9 Å². The Morgan fingerprint density at radius 1 is 1.24 bits per heavy atom. The molecule has 0 bridgehead atoms. The Hall–Kier alpha value is -0.970. The number of amides is 1. The van der Waals surface area contributed by atoms with Crippen LogP contribution in [0.2, 0.25) is 5.02 Å². The van der Waals surface area contributed by atoms with Crippen LogP contribution in [0.5, 0.6) is 0 Å². The van der Waals surface area contributed by atoms with E-state index in [0.29, 0.717) is 17.1 Å². The standard InChI is InChI=1S/C12H10ClNOS2/c13-9-3-1-8(2-4-9)12(15)14-7-10-5-6-11(16)17-10/h1-6,16H,7H2,(H,14,15). The van der Waals surface area contributed by atoms with Gasteiger partial charge in [-0.2, -0.15) is 0 Å². The normalized spacial score (nSPS) is 10.2. The summed E-state index contributed by atoms with van der Waals surface area (Å²) in [5.74, 6) is -0.101. The van der Waals surface area contributed by atoms with E-state index in [9.17, 15) is 4.79 Å². The van der Waals surface area contributed by atoms with Crippen LogP contribution in [0.4, 0.5) is 0 Å². The number of thiol groups is 1. The van der Waals surface area contributed by atoms with Crippen LogP contribution in [0.15, 0.2) is 40.6 Å². The smallest absolute Gasteiger partial charge is 0.251 e. The van der Waals surface area contributed by atoms with E-state index in [0.717, 1.165) is 9.09 Å². The molecule has 2 nitrogen and oxygen atoms in total. The lowest BCUT2D eigenvalue weighted by Crippen LogP contribution is -2.22. The number of benzene rings is 1. The van der Waals surface area contributed by atoms with E-state index in [1.54, 1.807) is 35.6 Å². The fourth-order valence-corrected chi connectivity index (χ4v) is 2.57. The highest BCUT2D eigenvalue weighted by Gasteiger charge is 2.05. The number of thiophene rings is 1. The van der Waals surface area contributed by atoms with Gasteiger partial charge in [0.2, 0.25) is 0 Å². The quantitative estimate of drug-likeness (QED) is 0.828. The first-order valence-corrected chi connectivity index (χ1v) is 6.61. The molecule has 0 unspecified atom stereocenters. The van der Waals surface area contributed by atoms with Crippen LogP contribution in [0, 0.1) is 0 Å². The van der Waals surface area contributed by atoms with Gasteiger partial charge < -0.3 is 5.32 Å². The Morgan fingerprint density at radius 3 is 2.53 bits per heavy atom. The topological polar surface area (TPSA) is 29.1 Å². The summed E-state index contributed by atoms with van der Waals surface area (Å²) < 4.78 is 0.945. The molecule has 0 aliphatic heterocycles. The molecule has 17 heavy (non-hydrogen) atoms. The number of hydrogen-bond donors (Lipinski definition) is 2. The van der Waals surface area contributed by atoms with Crippen molar-refractivity contribution in [1.29, 1.82) is 0 Å². The molecule has 2 aromatic rings. The highest BCUT2D eigenvalue weighted by molar-refractivity contribution is 7.82. The average Bonchev–Trinajstić information content (AvgIpc) is 2.73. The number of carbonyl (C=O) groups is 1. The molecule has 1 amide bonds. The fourth-order valence-electron chi connectivity index (χ4n) is 1.33. The van der Waals surface area contributed by atoms with Crippen molar-refractivity contribution >= 4 is 41.5 Å². The molecular weight excluding hydrogens is 274 g/mol. The Balaban J connectivity index is 1.95. The Morgan fingerprint density at radius 2 is 1.94 bits per heavy atom. The minimum absolute atomic E-state index is 0.101. The average molecular weight is 284 g/mol. The molecule has 0 atom stereocenters. The van der Waals surface area contributed by atoms with Gasteiger partial charge in [-0.1, -0.05) is 11.6 Å². The molecule has 2 rings (SSSR count). The van der Waals surface area contributed by atoms with E-state index in [1.165, 1.54) is 0 Å². The molecule has 0 saturated carbocycles. The summed E-state index contributed by atoms with van der Waals surface area (Å²) in [4.78, 5) is 12.8. The highest BCUT2D eigenvalue weighted by Crippen LogP contribution is 2.19. The lowest BCUT2D eigenvalue weighted by Gasteiger charge is -2.03. The van der Waals surface area contributed by atoms with Crippen LogP contribution in [-0.2, 0) is 6.54 Å². The summed E-state index contributed by atoms with van der Waals surface area (Å²) >= 11 is 11.5. The first kappa shape index (κ1) is 12.5. The molecule has 88 valence electrons. The lowest BCUT2D eigenvalue weighted by molar-refractivity contribution is 0.0951. The molecule has 1 heterocycles. The predicted molar refractivity (Wildman–Crippen MR) is 74.2 cm³/mol. The van der Waals surface area contributed by atoms with Gasteiger partial charge in [0.05, 0.1) is 10.8 Å². The van der Waals surface area contributed by atoms with Crippen molar-refractivity contribution in [1.82, 2.24) is 5.32 Å². The van der Waals surface area contributed by atoms with E-state index in [2.05, 4.69) is 17.9 Å². The van der Waals surface area contributed by atoms with Crippen molar-refractivity contribution in [2.24, 2.45) is 0 Å². The Kier molecular flexibility index (Phi) is 4.10. The van der Waals surface area contributed by atoms with E-state index in [1.807, 2.05) is 12.1 Å². The van der Waals surface area contributed by atoms with Gasteiger partial charge in [-0.3, -0.25) is 4.79 Å². The monoisotopic (exact) mass is 283 g/mol. The van der Waals surface area contributed by atoms with E-state index >= 15 is 0 Å². The maximum Gasteiger partial charge on any atom is 0.251 e. The van der Waals surface area contributed by atoms with Gasteiger partial charge in [0, 0.05) is 15.5 Å². The van der Waals surface area contributed by atoms with Gasteiger partial charge >= 0.3 is 0 Å². The minimum atomic E-state index is -0.101. The van der Waals surface area contributed by atoms with Gasteiger partial charge in [-0.15, -0.1) is 24.0 Å². The minimum Gasteiger partial charge on any atom is -0.347 e. The summed E-state index contributed by atoms with van der Waals surface area (Å²) in [5.41, 5.74) is 0.608. The fraction of sp³-hybridized carbons (Fsp3) is 0.0833. The zero-order valence-electron chi connectivity index (χ0n) is 8.81. The summed E-state index contributed by atoms with van der Waals surface area (Å²) in [7, 11) is 0. The number of carbonyl (C=O) groups excluding carboxylic acids is 1. The second-order valence-corrected chi connectivity index (χ2v) is 5.82. The van der Waals surface area contributed by atoms with E-state index < -0.39 is 0 Å². The zero-order chi connectivity index (χ0) is 12.3. The third-order valence-electron chi connectivity index (χ3n) is 2.18. The van der Waals surface area contributed by atoms with Crippen LogP contribution >= 0.6 is 35.6 Å². The molecule has 1 aromatic carbocycles. The van der Waals surface area contributed by atoms with Crippen molar-refractivity contribution in [2.45, 2.75) is 10.8 Å². The number of halogens is 1. The van der Waals surface area contributed by atoms with Gasteiger partial charge in [0.15, 0.2) is 0 Å². The molecule has 5 heteroatoms. The van der Waals surface area contributed by atoms with E-state index in [4.69, 9.17) is 11.6 Å². The maximum absolute atomic E-state index is 11.8. The first-order valence-electron chi connectivity index (χ1n) is 4.96.